The summed E-state index contributed by atoms with van der Waals surface area (Å²) in [6.45, 7) is 12.4. The van der Waals surface area contributed by atoms with Crippen LogP contribution in [0.15, 0.2) is 12.3 Å². The minimum absolute atomic E-state index is 0.0143. The molecule has 1 saturated heterocycles. The number of hydrogen-bond acceptors (Lipinski definition) is 4. The van der Waals surface area contributed by atoms with Crippen LogP contribution < -0.4 is 4.90 Å². The predicted octanol–water partition coefficient (Wildman–Crippen LogP) is 4.38. The number of rotatable bonds is 8. The highest BCUT2D eigenvalue weighted by atomic mass is 16.5. The molecule has 0 aliphatic carbocycles. The first-order chi connectivity index (χ1) is 12.5. The molecule has 0 atom stereocenters. The molecule has 0 N–H and O–H groups in total. The van der Waals surface area contributed by atoms with Crippen molar-refractivity contribution in [2.75, 3.05) is 31.2 Å². The number of nitrogens with zero attached hydrogens (tertiary/aromatic N) is 4. The van der Waals surface area contributed by atoms with Crippen LogP contribution in [0.25, 0.3) is 5.52 Å². The lowest BCUT2D eigenvalue weighted by molar-refractivity contribution is 0.122. The fourth-order valence-corrected chi connectivity index (χ4v) is 3.63. The summed E-state index contributed by atoms with van der Waals surface area (Å²) in [7, 11) is 0. The maximum absolute atomic E-state index is 5.54. The van der Waals surface area contributed by atoms with E-state index in [2.05, 4.69) is 49.4 Å². The van der Waals surface area contributed by atoms with Crippen molar-refractivity contribution in [3.63, 3.8) is 0 Å². The molecule has 0 amide bonds. The summed E-state index contributed by atoms with van der Waals surface area (Å²) in [5, 5.41) is 4.92. The van der Waals surface area contributed by atoms with Crippen LogP contribution in [0.5, 0.6) is 0 Å². The third-order valence-corrected chi connectivity index (χ3v) is 5.48. The maximum atomic E-state index is 5.54. The Morgan fingerprint density at radius 1 is 1.12 bits per heavy atom. The number of morpholine rings is 1. The summed E-state index contributed by atoms with van der Waals surface area (Å²) >= 11 is 0. The van der Waals surface area contributed by atoms with E-state index in [0.717, 1.165) is 56.3 Å². The largest absolute Gasteiger partial charge is 0.378 e. The van der Waals surface area contributed by atoms with Gasteiger partial charge in [0.15, 0.2) is 11.6 Å². The summed E-state index contributed by atoms with van der Waals surface area (Å²) in [5.74, 6) is 2.03. The van der Waals surface area contributed by atoms with Crippen LogP contribution in [-0.4, -0.2) is 40.9 Å². The van der Waals surface area contributed by atoms with Gasteiger partial charge in [0.25, 0.3) is 0 Å². The summed E-state index contributed by atoms with van der Waals surface area (Å²) in [6, 6.07) is 2.24. The number of aryl methyl sites for hydroxylation is 1. The first-order valence-corrected chi connectivity index (χ1v) is 10.3. The molecule has 0 spiro atoms. The van der Waals surface area contributed by atoms with Crippen LogP contribution in [-0.2, 0) is 16.6 Å². The fourth-order valence-electron chi connectivity index (χ4n) is 3.63. The first-order valence-electron chi connectivity index (χ1n) is 10.3. The van der Waals surface area contributed by atoms with Gasteiger partial charge >= 0.3 is 0 Å². The van der Waals surface area contributed by atoms with E-state index in [1.807, 2.05) is 0 Å². The topological polar surface area (TPSA) is 42.7 Å². The summed E-state index contributed by atoms with van der Waals surface area (Å²) in [6.07, 6.45) is 9.42. The van der Waals surface area contributed by atoms with E-state index in [1.165, 1.54) is 31.2 Å². The molecule has 3 rings (SSSR count). The number of hydrogen-bond donors (Lipinski definition) is 0. The summed E-state index contributed by atoms with van der Waals surface area (Å²) in [5.41, 5.74) is 2.42. The van der Waals surface area contributed by atoms with Crippen LogP contribution >= 0.6 is 0 Å². The van der Waals surface area contributed by atoms with Gasteiger partial charge < -0.3 is 9.64 Å². The Morgan fingerprint density at radius 3 is 2.58 bits per heavy atom. The van der Waals surface area contributed by atoms with Gasteiger partial charge in [-0.25, -0.2) is 9.50 Å². The number of aromatic nitrogens is 3. The SMILES string of the molecule is CCCCCCC(C)(C)c1nc(N2CCOCC2)c2cc(CC)cn2n1. The van der Waals surface area contributed by atoms with Gasteiger partial charge in [0.05, 0.1) is 13.2 Å². The smallest absolute Gasteiger partial charge is 0.157 e. The summed E-state index contributed by atoms with van der Waals surface area (Å²) in [4.78, 5) is 7.44. The third-order valence-electron chi connectivity index (χ3n) is 5.48. The van der Waals surface area contributed by atoms with E-state index in [9.17, 15) is 0 Å². The second-order valence-corrected chi connectivity index (χ2v) is 8.08. The van der Waals surface area contributed by atoms with Crippen molar-refractivity contribution in [2.24, 2.45) is 0 Å². The number of fused-ring (bicyclic) bond motifs is 1. The van der Waals surface area contributed by atoms with Gasteiger partial charge in [-0.2, -0.15) is 5.10 Å². The molecule has 0 radical (unpaired) electrons. The molecule has 0 aromatic carbocycles. The molecule has 0 bridgehead atoms. The van der Waals surface area contributed by atoms with Gasteiger partial charge in [-0.05, 0) is 24.5 Å². The van der Waals surface area contributed by atoms with Crippen LogP contribution in [0.4, 0.5) is 5.82 Å². The molecule has 2 aromatic heterocycles. The molecule has 2 aromatic rings. The van der Waals surface area contributed by atoms with E-state index in [4.69, 9.17) is 14.8 Å². The van der Waals surface area contributed by atoms with Gasteiger partial charge in [-0.15, -0.1) is 0 Å². The molecule has 144 valence electrons. The lowest BCUT2D eigenvalue weighted by Gasteiger charge is -2.30. The molecule has 26 heavy (non-hydrogen) atoms. The molecule has 3 heterocycles. The maximum Gasteiger partial charge on any atom is 0.157 e. The van der Waals surface area contributed by atoms with Gasteiger partial charge in [0, 0.05) is 24.7 Å². The first kappa shape index (κ1) is 19.2. The van der Waals surface area contributed by atoms with E-state index < -0.39 is 0 Å². The van der Waals surface area contributed by atoms with Crippen molar-refractivity contribution >= 4 is 11.3 Å². The van der Waals surface area contributed by atoms with Crippen molar-refractivity contribution < 1.29 is 4.74 Å². The zero-order chi connectivity index (χ0) is 18.6. The van der Waals surface area contributed by atoms with Gasteiger partial charge in [-0.3, -0.25) is 0 Å². The van der Waals surface area contributed by atoms with Crippen molar-refractivity contribution in [1.82, 2.24) is 14.6 Å². The molecule has 5 nitrogen and oxygen atoms in total. The van der Waals surface area contributed by atoms with Crippen molar-refractivity contribution in [2.45, 2.75) is 71.6 Å². The minimum Gasteiger partial charge on any atom is -0.378 e. The molecule has 1 aliphatic heterocycles. The number of ether oxygens (including phenoxy) is 1. The fraction of sp³-hybridized carbons (Fsp3) is 0.714. The number of anilines is 1. The highest BCUT2D eigenvalue weighted by Crippen LogP contribution is 2.30. The molecule has 5 heteroatoms. The molecule has 1 fully saturated rings. The summed E-state index contributed by atoms with van der Waals surface area (Å²) < 4.78 is 7.60. The van der Waals surface area contributed by atoms with Crippen molar-refractivity contribution in [1.29, 1.82) is 0 Å². The van der Waals surface area contributed by atoms with E-state index in [-0.39, 0.29) is 5.41 Å². The lowest BCUT2D eigenvalue weighted by Crippen LogP contribution is -2.38. The molecule has 0 unspecified atom stereocenters. The van der Waals surface area contributed by atoms with E-state index in [0.29, 0.717) is 0 Å². The molecular formula is C21H34N4O. The van der Waals surface area contributed by atoms with Crippen LogP contribution in [0.1, 0.15) is 71.2 Å². The average Bonchev–Trinajstić information content (AvgIpc) is 3.08. The van der Waals surface area contributed by atoms with Crippen LogP contribution in [0, 0.1) is 0 Å². The van der Waals surface area contributed by atoms with Crippen molar-refractivity contribution in [3.05, 3.63) is 23.7 Å². The molecule has 0 saturated carbocycles. The Bertz CT molecular complexity index is 716. The lowest BCUT2D eigenvalue weighted by atomic mass is 9.86. The van der Waals surface area contributed by atoms with Gasteiger partial charge in [-0.1, -0.05) is 53.4 Å². The predicted molar refractivity (Wildman–Crippen MR) is 107 cm³/mol. The highest BCUT2D eigenvalue weighted by molar-refractivity contribution is 5.70. The van der Waals surface area contributed by atoms with Crippen LogP contribution in [0.2, 0.25) is 0 Å². The second-order valence-electron chi connectivity index (χ2n) is 8.08. The molecule has 1 aliphatic rings. The monoisotopic (exact) mass is 358 g/mol. The average molecular weight is 359 g/mol. The minimum atomic E-state index is -0.0143. The quantitative estimate of drug-likeness (QED) is 0.657. The van der Waals surface area contributed by atoms with Gasteiger partial charge in [0.2, 0.25) is 0 Å². The Labute approximate surface area is 157 Å². The van der Waals surface area contributed by atoms with Crippen molar-refractivity contribution in [3.8, 4) is 0 Å². The van der Waals surface area contributed by atoms with Crippen LogP contribution in [0.3, 0.4) is 0 Å². The molecular weight excluding hydrogens is 324 g/mol. The van der Waals surface area contributed by atoms with Gasteiger partial charge in [0.1, 0.15) is 5.52 Å². The Morgan fingerprint density at radius 2 is 1.88 bits per heavy atom. The standard InChI is InChI=1S/C21H34N4O/c1-5-7-8-9-10-21(3,4)20-22-19(24-11-13-26-14-12-24)18-15-17(6-2)16-25(18)23-20/h15-16H,5-14H2,1-4H3. The normalized spacial score (nSPS) is 15.8. The van der Waals surface area contributed by atoms with E-state index in [1.54, 1.807) is 0 Å². The second kappa shape index (κ2) is 8.38. The third kappa shape index (κ3) is 4.20. The zero-order valence-corrected chi connectivity index (χ0v) is 16.9. The van der Waals surface area contributed by atoms with E-state index >= 15 is 0 Å². The zero-order valence-electron chi connectivity index (χ0n) is 16.9. The Hall–Kier alpha value is -1.62. The number of unbranched alkanes of at least 4 members (excludes halogenated alkanes) is 3. The Kier molecular flexibility index (Phi) is 6.17. The highest BCUT2D eigenvalue weighted by Gasteiger charge is 2.27. The Balaban J connectivity index is 1.94.